The zero-order valence-corrected chi connectivity index (χ0v) is 13.0. The van der Waals surface area contributed by atoms with Crippen molar-refractivity contribution < 1.29 is 19.1 Å². The molecule has 21 heavy (non-hydrogen) atoms. The van der Waals surface area contributed by atoms with E-state index in [0.29, 0.717) is 39.4 Å². The smallest absolute Gasteiger partial charge is 0.310 e. The molecule has 0 aromatic carbocycles. The predicted molar refractivity (Wildman–Crippen MR) is 77.8 cm³/mol. The summed E-state index contributed by atoms with van der Waals surface area (Å²) < 4.78 is 10.5. The van der Waals surface area contributed by atoms with E-state index in [9.17, 15) is 9.59 Å². The second-order valence-corrected chi connectivity index (χ2v) is 5.85. The fourth-order valence-electron chi connectivity index (χ4n) is 2.99. The van der Waals surface area contributed by atoms with Crippen LogP contribution in [0.3, 0.4) is 0 Å². The van der Waals surface area contributed by atoms with Crippen LogP contribution < -0.4 is 0 Å². The van der Waals surface area contributed by atoms with Gasteiger partial charge in [-0.05, 0) is 33.2 Å². The predicted octanol–water partition coefficient (Wildman–Crippen LogP) is 0.509. The van der Waals surface area contributed by atoms with Gasteiger partial charge < -0.3 is 14.4 Å². The molecule has 0 aliphatic carbocycles. The third-order valence-corrected chi connectivity index (χ3v) is 4.08. The van der Waals surface area contributed by atoms with Gasteiger partial charge in [-0.2, -0.15) is 0 Å². The van der Waals surface area contributed by atoms with E-state index in [0.717, 1.165) is 19.4 Å². The molecule has 0 spiro atoms. The SMILES string of the molecule is CCOC(=O)[C@H]1CCCN(CC(=O)N2CCOC(C)C2)C1. The molecule has 0 aromatic rings. The fourth-order valence-corrected chi connectivity index (χ4v) is 2.99. The van der Waals surface area contributed by atoms with Crippen molar-refractivity contribution in [3.05, 3.63) is 0 Å². The van der Waals surface area contributed by atoms with E-state index in [2.05, 4.69) is 4.90 Å². The van der Waals surface area contributed by atoms with Crippen LogP contribution in [0.4, 0.5) is 0 Å². The molecule has 2 aliphatic rings. The first kappa shape index (κ1) is 16.2. The van der Waals surface area contributed by atoms with E-state index in [1.165, 1.54) is 0 Å². The lowest BCUT2D eigenvalue weighted by Crippen LogP contribution is -2.50. The normalized spacial score (nSPS) is 27.4. The lowest BCUT2D eigenvalue weighted by molar-refractivity contribution is -0.151. The number of ether oxygens (including phenoxy) is 2. The average molecular weight is 298 g/mol. The third kappa shape index (κ3) is 4.68. The summed E-state index contributed by atoms with van der Waals surface area (Å²) in [6.45, 7) is 8.05. The molecule has 2 heterocycles. The van der Waals surface area contributed by atoms with Crippen LogP contribution in [0.5, 0.6) is 0 Å². The monoisotopic (exact) mass is 298 g/mol. The molecule has 1 amide bonds. The van der Waals surface area contributed by atoms with E-state index < -0.39 is 0 Å². The van der Waals surface area contributed by atoms with Gasteiger partial charge in [0.2, 0.25) is 5.91 Å². The molecular weight excluding hydrogens is 272 g/mol. The van der Waals surface area contributed by atoms with Crippen LogP contribution in [0.25, 0.3) is 0 Å². The Morgan fingerprint density at radius 3 is 2.81 bits per heavy atom. The maximum atomic E-state index is 12.3. The maximum Gasteiger partial charge on any atom is 0.310 e. The number of morpholine rings is 1. The Morgan fingerprint density at radius 1 is 1.29 bits per heavy atom. The summed E-state index contributed by atoms with van der Waals surface area (Å²) >= 11 is 0. The minimum atomic E-state index is -0.130. The fraction of sp³-hybridized carbons (Fsp3) is 0.867. The van der Waals surface area contributed by atoms with E-state index >= 15 is 0 Å². The van der Waals surface area contributed by atoms with E-state index in [4.69, 9.17) is 9.47 Å². The van der Waals surface area contributed by atoms with Crippen molar-refractivity contribution >= 4 is 11.9 Å². The molecule has 2 rings (SSSR count). The van der Waals surface area contributed by atoms with Crippen LogP contribution in [0.2, 0.25) is 0 Å². The van der Waals surface area contributed by atoms with Gasteiger partial charge in [0, 0.05) is 19.6 Å². The quantitative estimate of drug-likeness (QED) is 0.708. The molecule has 1 unspecified atom stereocenters. The highest BCUT2D eigenvalue weighted by Crippen LogP contribution is 2.18. The summed E-state index contributed by atoms with van der Waals surface area (Å²) in [6, 6.07) is 0. The number of nitrogens with zero attached hydrogens (tertiary/aromatic N) is 2. The van der Waals surface area contributed by atoms with Crippen LogP contribution in [0, 0.1) is 5.92 Å². The molecule has 6 heteroatoms. The summed E-state index contributed by atoms with van der Waals surface area (Å²) in [5.41, 5.74) is 0. The largest absolute Gasteiger partial charge is 0.466 e. The zero-order chi connectivity index (χ0) is 15.2. The van der Waals surface area contributed by atoms with E-state index in [1.807, 2.05) is 18.7 Å². The molecule has 2 saturated heterocycles. The highest BCUT2D eigenvalue weighted by molar-refractivity contribution is 5.78. The lowest BCUT2D eigenvalue weighted by atomic mass is 9.98. The summed E-state index contributed by atoms with van der Waals surface area (Å²) in [6.07, 6.45) is 1.91. The van der Waals surface area contributed by atoms with Gasteiger partial charge in [-0.1, -0.05) is 0 Å². The number of carbonyl (C=O) groups is 2. The number of piperidine rings is 1. The first-order chi connectivity index (χ1) is 10.1. The van der Waals surface area contributed by atoms with Gasteiger partial charge in [0.15, 0.2) is 0 Å². The first-order valence-electron chi connectivity index (χ1n) is 7.88. The Bertz CT molecular complexity index is 375. The lowest BCUT2D eigenvalue weighted by Gasteiger charge is -2.35. The van der Waals surface area contributed by atoms with Crippen LogP contribution in [0.1, 0.15) is 26.7 Å². The number of hydrogen-bond donors (Lipinski definition) is 0. The molecule has 0 N–H and O–H groups in total. The highest BCUT2D eigenvalue weighted by atomic mass is 16.5. The Kier molecular flexibility index (Phi) is 5.99. The highest BCUT2D eigenvalue weighted by Gasteiger charge is 2.29. The van der Waals surface area contributed by atoms with E-state index in [-0.39, 0.29) is 23.9 Å². The van der Waals surface area contributed by atoms with Gasteiger partial charge in [-0.3, -0.25) is 14.5 Å². The number of amides is 1. The maximum absolute atomic E-state index is 12.3. The number of hydrogen-bond acceptors (Lipinski definition) is 5. The molecule has 2 fully saturated rings. The Hall–Kier alpha value is -1.14. The molecule has 0 aromatic heterocycles. The van der Waals surface area contributed by atoms with Gasteiger partial charge in [0.05, 0.1) is 31.8 Å². The van der Waals surface area contributed by atoms with Gasteiger partial charge in [-0.15, -0.1) is 0 Å². The Balaban J connectivity index is 1.81. The number of likely N-dealkylation sites (tertiary alicyclic amines) is 1. The van der Waals surface area contributed by atoms with E-state index in [1.54, 1.807) is 0 Å². The van der Waals surface area contributed by atoms with Crippen molar-refractivity contribution in [2.75, 3.05) is 45.9 Å². The van der Waals surface area contributed by atoms with Crippen LogP contribution in [0.15, 0.2) is 0 Å². The summed E-state index contributed by atoms with van der Waals surface area (Å²) in [5.74, 6) is -0.0839. The van der Waals surface area contributed by atoms with Crippen LogP contribution in [-0.2, 0) is 19.1 Å². The van der Waals surface area contributed by atoms with Crippen molar-refractivity contribution in [3.8, 4) is 0 Å². The molecule has 0 radical (unpaired) electrons. The Morgan fingerprint density at radius 2 is 2.10 bits per heavy atom. The minimum absolute atomic E-state index is 0.0879. The number of esters is 1. The minimum Gasteiger partial charge on any atom is -0.466 e. The summed E-state index contributed by atoms with van der Waals surface area (Å²) in [4.78, 5) is 28.1. The van der Waals surface area contributed by atoms with Crippen LogP contribution >= 0.6 is 0 Å². The van der Waals surface area contributed by atoms with Crippen LogP contribution in [-0.4, -0.2) is 73.7 Å². The molecule has 0 bridgehead atoms. The zero-order valence-electron chi connectivity index (χ0n) is 13.0. The molecule has 120 valence electrons. The van der Waals surface area contributed by atoms with Gasteiger partial charge >= 0.3 is 5.97 Å². The number of carbonyl (C=O) groups excluding carboxylic acids is 2. The van der Waals surface area contributed by atoms with Crippen molar-refractivity contribution in [1.82, 2.24) is 9.80 Å². The average Bonchev–Trinajstić information content (AvgIpc) is 2.48. The first-order valence-corrected chi connectivity index (χ1v) is 7.88. The second kappa shape index (κ2) is 7.75. The van der Waals surface area contributed by atoms with Gasteiger partial charge in [0.1, 0.15) is 0 Å². The van der Waals surface area contributed by atoms with Gasteiger partial charge in [-0.25, -0.2) is 0 Å². The molecule has 6 nitrogen and oxygen atoms in total. The van der Waals surface area contributed by atoms with Crippen molar-refractivity contribution in [2.45, 2.75) is 32.8 Å². The third-order valence-electron chi connectivity index (χ3n) is 4.08. The van der Waals surface area contributed by atoms with Crippen molar-refractivity contribution in [3.63, 3.8) is 0 Å². The second-order valence-electron chi connectivity index (χ2n) is 5.85. The molecule has 2 atom stereocenters. The summed E-state index contributed by atoms with van der Waals surface area (Å²) in [5, 5.41) is 0. The molecular formula is C15H26N2O4. The Labute approximate surface area is 126 Å². The summed E-state index contributed by atoms with van der Waals surface area (Å²) in [7, 11) is 0. The number of rotatable bonds is 4. The standard InChI is InChI=1S/C15H26N2O4/c1-3-20-15(19)13-5-4-6-16(10-13)11-14(18)17-7-8-21-12(2)9-17/h12-13H,3-11H2,1-2H3/t12?,13-/m0/s1. The molecule has 2 aliphatic heterocycles. The van der Waals surface area contributed by atoms with Gasteiger partial charge in [0.25, 0.3) is 0 Å². The molecule has 0 saturated carbocycles. The topological polar surface area (TPSA) is 59.1 Å². The van der Waals surface area contributed by atoms with Crippen molar-refractivity contribution in [1.29, 1.82) is 0 Å². The van der Waals surface area contributed by atoms with Crippen molar-refractivity contribution in [2.24, 2.45) is 5.92 Å².